The van der Waals surface area contributed by atoms with Gasteiger partial charge in [0, 0.05) is 18.3 Å². The molecule has 0 aliphatic carbocycles. The average Bonchev–Trinajstić information content (AvgIpc) is 2.27. The number of hydrogen-bond donors (Lipinski definition) is 1. The van der Waals surface area contributed by atoms with Gasteiger partial charge in [-0.25, -0.2) is 4.98 Å². The third kappa shape index (κ3) is 4.00. The Morgan fingerprint density at radius 1 is 1.50 bits per heavy atom. The van der Waals surface area contributed by atoms with Crippen molar-refractivity contribution in [3.05, 3.63) is 29.6 Å². The number of nitriles is 1. The molecule has 0 saturated heterocycles. The largest absolute Gasteiger partial charge is 0.308 e. The van der Waals surface area contributed by atoms with Crippen LogP contribution < -0.4 is 5.32 Å². The monoisotopic (exact) mass is 217 g/mol. The molecule has 0 radical (unpaired) electrons. The van der Waals surface area contributed by atoms with Crippen LogP contribution in [0.25, 0.3) is 0 Å². The molecule has 0 spiro atoms. The van der Waals surface area contributed by atoms with Crippen molar-refractivity contribution in [2.24, 2.45) is 0 Å². The summed E-state index contributed by atoms with van der Waals surface area (Å²) in [6.07, 6.45) is 3.99. The highest BCUT2D eigenvalue weighted by atomic mass is 14.9. The summed E-state index contributed by atoms with van der Waals surface area (Å²) in [6.45, 7) is 7.36. The molecule has 1 aromatic heterocycles. The number of rotatable bonds is 5. The van der Waals surface area contributed by atoms with Crippen molar-refractivity contribution in [3.8, 4) is 6.07 Å². The van der Waals surface area contributed by atoms with Crippen LogP contribution in [0, 0.1) is 11.3 Å². The fourth-order valence-corrected chi connectivity index (χ4v) is 1.70. The Kier molecular flexibility index (Phi) is 4.45. The van der Waals surface area contributed by atoms with Crippen LogP contribution in [0.2, 0.25) is 0 Å². The van der Waals surface area contributed by atoms with E-state index in [2.05, 4.69) is 37.1 Å². The number of aromatic nitrogens is 1. The Hall–Kier alpha value is -1.40. The molecule has 0 bridgehead atoms. The molecule has 1 N–H and O–H groups in total. The summed E-state index contributed by atoms with van der Waals surface area (Å²) in [5.74, 6) is 0. The van der Waals surface area contributed by atoms with Gasteiger partial charge in [0.25, 0.3) is 0 Å². The lowest BCUT2D eigenvalue weighted by Gasteiger charge is -2.25. The molecule has 1 aromatic rings. The Morgan fingerprint density at radius 2 is 2.25 bits per heavy atom. The smallest absolute Gasteiger partial charge is 0.140 e. The molecular formula is C13H19N3. The van der Waals surface area contributed by atoms with Gasteiger partial charge in [0.15, 0.2) is 0 Å². The zero-order chi connectivity index (χ0) is 12.0. The molecule has 1 heterocycles. The number of nitrogens with one attached hydrogen (secondary N) is 1. The van der Waals surface area contributed by atoms with E-state index >= 15 is 0 Å². The van der Waals surface area contributed by atoms with Crippen LogP contribution >= 0.6 is 0 Å². The highest BCUT2D eigenvalue weighted by molar-refractivity contribution is 5.25. The van der Waals surface area contributed by atoms with Gasteiger partial charge in [0.1, 0.15) is 11.8 Å². The lowest BCUT2D eigenvalue weighted by Crippen LogP contribution is -2.38. The highest BCUT2D eigenvalue weighted by Gasteiger charge is 2.14. The average molecular weight is 217 g/mol. The van der Waals surface area contributed by atoms with Gasteiger partial charge in [-0.1, -0.05) is 13.3 Å². The fourth-order valence-electron chi connectivity index (χ4n) is 1.70. The van der Waals surface area contributed by atoms with E-state index in [1.165, 1.54) is 6.42 Å². The number of pyridine rings is 1. The van der Waals surface area contributed by atoms with Crippen LogP contribution in [-0.4, -0.2) is 10.5 Å². The van der Waals surface area contributed by atoms with Crippen molar-refractivity contribution in [1.29, 1.82) is 5.26 Å². The number of nitrogens with zero attached hydrogens (tertiary/aromatic N) is 2. The van der Waals surface area contributed by atoms with E-state index in [0.29, 0.717) is 5.69 Å². The summed E-state index contributed by atoms with van der Waals surface area (Å²) in [4.78, 5) is 3.95. The number of hydrogen-bond acceptors (Lipinski definition) is 3. The molecule has 0 atom stereocenters. The molecule has 0 aliphatic heterocycles. The molecule has 86 valence electrons. The zero-order valence-electron chi connectivity index (χ0n) is 10.2. The quantitative estimate of drug-likeness (QED) is 0.824. The minimum Gasteiger partial charge on any atom is -0.308 e. The maximum atomic E-state index is 8.74. The lowest BCUT2D eigenvalue weighted by atomic mass is 9.98. The van der Waals surface area contributed by atoms with Crippen molar-refractivity contribution in [1.82, 2.24) is 10.3 Å². The minimum absolute atomic E-state index is 0.144. The van der Waals surface area contributed by atoms with Gasteiger partial charge in [0.2, 0.25) is 0 Å². The highest BCUT2D eigenvalue weighted by Crippen LogP contribution is 2.12. The Morgan fingerprint density at radius 3 is 2.88 bits per heavy atom. The van der Waals surface area contributed by atoms with Crippen molar-refractivity contribution < 1.29 is 0 Å². The summed E-state index contributed by atoms with van der Waals surface area (Å²) in [5.41, 5.74) is 1.73. The van der Waals surface area contributed by atoms with Crippen molar-refractivity contribution in [2.45, 2.75) is 45.7 Å². The molecular weight excluding hydrogens is 198 g/mol. The maximum Gasteiger partial charge on any atom is 0.140 e. The minimum atomic E-state index is 0.144. The van der Waals surface area contributed by atoms with Gasteiger partial charge in [-0.05, 0) is 38.0 Å². The standard InChI is InChI=1S/C13H19N3/c1-4-6-13(2,3)16-10-11-5-7-15-12(8-11)9-14/h5,7-8,16H,4,6,10H2,1-3H3. The molecule has 16 heavy (non-hydrogen) atoms. The normalized spacial score (nSPS) is 11.1. The third-order valence-electron chi connectivity index (χ3n) is 2.58. The Balaban J connectivity index is 2.58. The first kappa shape index (κ1) is 12.7. The van der Waals surface area contributed by atoms with Crippen LogP contribution in [0.1, 0.15) is 44.9 Å². The molecule has 3 heteroatoms. The first-order valence-electron chi connectivity index (χ1n) is 5.67. The second kappa shape index (κ2) is 5.62. The molecule has 0 fully saturated rings. The maximum absolute atomic E-state index is 8.74. The second-order valence-corrected chi connectivity index (χ2v) is 4.65. The lowest BCUT2D eigenvalue weighted by molar-refractivity contribution is 0.357. The summed E-state index contributed by atoms with van der Waals surface area (Å²) >= 11 is 0. The van der Waals surface area contributed by atoms with Gasteiger partial charge in [-0.2, -0.15) is 5.26 Å². The van der Waals surface area contributed by atoms with Gasteiger partial charge >= 0.3 is 0 Å². The van der Waals surface area contributed by atoms with Crippen LogP contribution in [0.4, 0.5) is 0 Å². The van der Waals surface area contributed by atoms with E-state index in [0.717, 1.165) is 18.5 Å². The van der Waals surface area contributed by atoms with E-state index in [1.807, 2.05) is 12.1 Å². The Bertz CT molecular complexity index is 377. The molecule has 0 amide bonds. The predicted molar refractivity (Wildman–Crippen MR) is 64.8 cm³/mol. The fraction of sp³-hybridized carbons (Fsp3) is 0.538. The second-order valence-electron chi connectivity index (χ2n) is 4.65. The van der Waals surface area contributed by atoms with Gasteiger partial charge in [-0.3, -0.25) is 0 Å². The van der Waals surface area contributed by atoms with E-state index in [-0.39, 0.29) is 5.54 Å². The predicted octanol–water partition coefficient (Wildman–Crippen LogP) is 2.62. The third-order valence-corrected chi connectivity index (χ3v) is 2.58. The summed E-state index contributed by atoms with van der Waals surface area (Å²) in [6, 6.07) is 5.82. The van der Waals surface area contributed by atoms with E-state index < -0.39 is 0 Å². The first-order chi connectivity index (χ1) is 7.57. The van der Waals surface area contributed by atoms with Crippen molar-refractivity contribution >= 4 is 0 Å². The SMILES string of the molecule is CCCC(C)(C)NCc1ccnc(C#N)c1. The summed E-state index contributed by atoms with van der Waals surface area (Å²) in [7, 11) is 0. The van der Waals surface area contributed by atoms with Crippen LogP contribution in [0.15, 0.2) is 18.3 Å². The van der Waals surface area contributed by atoms with Crippen LogP contribution in [0.3, 0.4) is 0 Å². The van der Waals surface area contributed by atoms with Gasteiger partial charge in [0.05, 0.1) is 0 Å². The van der Waals surface area contributed by atoms with Crippen LogP contribution in [0.5, 0.6) is 0 Å². The Labute approximate surface area is 97.5 Å². The van der Waals surface area contributed by atoms with Gasteiger partial charge < -0.3 is 5.32 Å². The molecule has 0 unspecified atom stereocenters. The summed E-state index contributed by atoms with van der Waals surface area (Å²) in [5, 5.41) is 12.2. The molecule has 0 saturated carbocycles. The first-order valence-corrected chi connectivity index (χ1v) is 5.67. The molecule has 0 aliphatic rings. The van der Waals surface area contributed by atoms with E-state index in [1.54, 1.807) is 6.20 Å². The van der Waals surface area contributed by atoms with Gasteiger partial charge in [-0.15, -0.1) is 0 Å². The van der Waals surface area contributed by atoms with Crippen molar-refractivity contribution in [3.63, 3.8) is 0 Å². The van der Waals surface area contributed by atoms with Crippen molar-refractivity contribution in [2.75, 3.05) is 0 Å². The molecule has 0 aromatic carbocycles. The molecule has 3 nitrogen and oxygen atoms in total. The topological polar surface area (TPSA) is 48.7 Å². The summed E-state index contributed by atoms with van der Waals surface area (Å²) < 4.78 is 0. The van der Waals surface area contributed by atoms with Crippen LogP contribution in [-0.2, 0) is 6.54 Å². The van der Waals surface area contributed by atoms with E-state index in [4.69, 9.17) is 5.26 Å². The zero-order valence-corrected chi connectivity index (χ0v) is 10.2. The van der Waals surface area contributed by atoms with E-state index in [9.17, 15) is 0 Å². The molecule has 1 rings (SSSR count).